The molecule has 0 spiro atoms. The predicted molar refractivity (Wildman–Crippen MR) is 78.3 cm³/mol. The Hall–Kier alpha value is -0.220. The van der Waals surface area contributed by atoms with Gasteiger partial charge in [0, 0.05) is 5.33 Å². The summed E-state index contributed by atoms with van der Waals surface area (Å²) in [4.78, 5) is 0. The monoisotopic (exact) mass is 364 g/mol. The van der Waals surface area contributed by atoms with Crippen molar-refractivity contribution < 1.29 is 9.47 Å². The molecule has 0 heterocycles. The summed E-state index contributed by atoms with van der Waals surface area (Å²) in [5.74, 6) is 1.60. The average Bonchev–Trinajstić information content (AvgIpc) is 2.33. The van der Waals surface area contributed by atoms with Crippen LogP contribution in [0.5, 0.6) is 11.5 Å². The molecular formula is C13H18Br2O2. The van der Waals surface area contributed by atoms with Crippen LogP contribution in [0.2, 0.25) is 0 Å². The van der Waals surface area contributed by atoms with E-state index in [0.717, 1.165) is 33.3 Å². The van der Waals surface area contributed by atoms with Crippen molar-refractivity contribution in [2.75, 3.05) is 6.61 Å². The van der Waals surface area contributed by atoms with Gasteiger partial charge in [0.25, 0.3) is 0 Å². The Bertz CT molecular complexity index is 367. The number of ether oxygens (including phenoxy) is 2. The highest BCUT2D eigenvalue weighted by molar-refractivity contribution is 9.10. The number of alkyl halides is 1. The quantitative estimate of drug-likeness (QED) is 0.666. The van der Waals surface area contributed by atoms with Gasteiger partial charge in [-0.2, -0.15) is 0 Å². The van der Waals surface area contributed by atoms with Crippen molar-refractivity contribution in [2.24, 2.45) is 0 Å². The van der Waals surface area contributed by atoms with Gasteiger partial charge in [0.1, 0.15) is 0 Å². The number of halogens is 2. The van der Waals surface area contributed by atoms with Crippen LogP contribution in [0.4, 0.5) is 0 Å². The fourth-order valence-electron chi connectivity index (χ4n) is 1.36. The molecule has 4 heteroatoms. The number of hydrogen-bond acceptors (Lipinski definition) is 2. The van der Waals surface area contributed by atoms with Gasteiger partial charge in [-0.1, -0.05) is 22.9 Å². The number of rotatable bonds is 6. The lowest BCUT2D eigenvalue weighted by Crippen LogP contribution is -2.11. The van der Waals surface area contributed by atoms with E-state index in [4.69, 9.17) is 9.47 Å². The van der Waals surface area contributed by atoms with E-state index in [1.54, 1.807) is 0 Å². The molecule has 0 aliphatic heterocycles. The zero-order valence-electron chi connectivity index (χ0n) is 10.4. The van der Waals surface area contributed by atoms with Crippen LogP contribution in [0.15, 0.2) is 16.6 Å². The normalized spacial score (nSPS) is 12.3. The van der Waals surface area contributed by atoms with Crippen LogP contribution < -0.4 is 9.47 Å². The highest BCUT2D eigenvalue weighted by Gasteiger charge is 2.14. The van der Waals surface area contributed by atoms with Crippen LogP contribution in [0.3, 0.4) is 0 Å². The molecule has 96 valence electrons. The molecule has 0 aliphatic rings. The van der Waals surface area contributed by atoms with E-state index in [1.807, 2.05) is 13.0 Å². The Kier molecular flexibility index (Phi) is 6.34. The van der Waals surface area contributed by atoms with Crippen LogP contribution in [-0.4, -0.2) is 12.7 Å². The predicted octanol–water partition coefficient (Wildman–Crippen LogP) is 4.92. The summed E-state index contributed by atoms with van der Waals surface area (Å²) in [6.45, 7) is 6.77. The van der Waals surface area contributed by atoms with Crippen LogP contribution in [-0.2, 0) is 5.33 Å². The van der Waals surface area contributed by atoms with E-state index in [0.29, 0.717) is 6.61 Å². The average molecular weight is 366 g/mol. The maximum absolute atomic E-state index is 5.89. The third-order valence-electron chi connectivity index (χ3n) is 2.42. The summed E-state index contributed by atoms with van der Waals surface area (Å²) < 4.78 is 12.5. The lowest BCUT2D eigenvalue weighted by molar-refractivity contribution is 0.201. The molecule has 1 unspecified atom stereocenters. The van der Waals surface area contributed by atoms with E-state index < -0.39 is 0 Å². The second-order valence-electron chi connectivity index (χ2n) is 3.81. The minimum atomic E-state index is 0.181. The standard InChI is InChI=1S/C13H18Br2O2/c1-4-9(3)17-13-11(15)6-10(8-14)7-12(13)16-5-2/h6-7,9H,4-5,8H2,1-3H3. The van der Waals surface area contributed by atoms with Crippen LogP contribution in [0.1, 0.15) is 32.8 Å². The fourth-order valence-corrected chi connectivity index (χ4v) is 2.27. The van der Waals surface area contributed by atoms with Crippen molar-refractivity contribution in [2.45, 2.75) is 38.6 Å². The van der Waals surface area contributed by atoms with Gasteiger partial charge in [-0.05, 0) is 53.9 Å². The Morgan fingerprint density at radius 3 is 2.53 bits per heavy atom. The Morgan fingerprint density at radius 1 is 1.29 bits per heavy atom. The summed E-state index contributed by atoms with van der Waals surface area (Å²) in [5, 5.41) is 0.801. The van der Waals surface area contributed by atoms with Crippen molar-refractivity contribution in [3.8, 4) is 11.5 Å². The summed E-state index contributed by atoms with van der Waals surface area (Å²) >= 11 is 6.99. The second-order valence-corrected chi connectivity index (χ2v) is 5.22. The molecule has 17 heavy (non-hydrogen) atoms. The summed E-state index contributed by atoms with van der Waals surface area (Å²) in [5.41, 5.74) is 1.16. The van der Waals surface area contributed by atoms with E-state index in [1.165, 1.54) is 0 Å². The molecule has 0 bridgehead atoms. The van der Waals surface area contributed by atoms with Gasteiger partial charge in [-0.15, -0.1) is 0 Å². The highest BCUT2D eigenvalue weighted by atomic mass is 79.9. The van der Waals surface area contributed by atoms with Gasteiger partial charge in [0.15, 0.2) is 11.5 Å². The molecule has 0 saturated carbocycles. The molecule has 0 fully saturated rings. The Labute approximate surface area is 120 Å². The minimum absolute atomic E-state index is 0.181. The van der Waals surface area contributed by atoms with Gasteiger partial charge < -0.3 is 9.47 Å². The second kappa shape index (κ2) is 7.27. The smallest absolute Gasteiger partial charge is 0.175 e. The summed E-state index contributed by atoms with van der Waals surface area (Å²) in [7, 11) is 0. The van der Waals surface area contributed by atoms with Crippen LogP contribution in [0, 0.1) is 0 Å². The SMILES string of the molecule is CCOc1cc(CBr)cc(Br)c1OC(C)CC. The first kappa shape index (κ1) is 14.8. The summed E-state index contributed by atoms with van der Waals surface area (Å²) in [6, 6.07) is 4.07. The van der Waals surface area contributed by atoms with Gasteiger partial charge in [-0.25, -0.2) is 0 Å². The van der Waals surface area contributed by atoms with E-state index in [9.17, 15) is 0 Å². The lowest BCUT2D eigenvalue weighted by atomic mass is 10.2. The molecular weight excluding hydrogens is 348 g/mol. The van der Waals surface area contributed by atoms with Crippen molar-refractivity contribution in [1.29, 1.82) is 0 Å². The largest absolute Gasteiger partial charge is 0.490 e. The summed E-state index contributed by atoms with van der Waals surface area (Å²) in [6.07, 6.45) is 1.15. The van der Waals surface area contributed by atoms with E-state index in [-0.39, 0.29) is 6.10 Å². The Balaban J connectivity index is 3.07. The van der Waals surface area contributed by atoms with Crippen LogP contribution in [0.25, 0.3) is 0 Å². The van der Waals surface area contributed by atoms with Gasteiger partial charge in [0.2, 0.25) is 0 Å². The first-order chi connectivity index (χ1) is 8.12. The first-order valence-corrected chi connectivity index (χ1v) is 7.71. The zero-order valence-corrected chi connectivity index (χ0v) is 13.6. The zero-order chi connectivity index (χ0) is 12.8. The highest BCUT2D eigenvalue weighted by Crippen LogP contribution is 2.38. The van der Waals surface area contributed by atoms with Crippen molar-refractivity contribution in [3.05, 3.63) is 22.2 Å². The van der Waals surface area contributed by atoms with Gasteiger partial charge in [-0.3, -0.25) is 0 Å². The van der Waals surface area contributed by atoms with Crippen molar-refractivity contribution in [3.63, 3.8) is 0 Å². The molecule has 0 aliphatic carbocycles. The molecule has 1 aromatic carbocycles. The number of benzene rings is 1. The third kappa shape index (κ3) is 4.18. The van der Waals surface area contributed by atoms with Crippen molar-refractivity contribution >= 4 is 31.9 Å². The molecule has 1 atom stereocenters. The maximum atomic E-state index is 5.89. The van der Waals surface area contributed by atoms with E-state index >= 15 is 0 Å². The van der Waals surface area contributed by atoms with Crippen LogP contribution >= 0.6 is 31.9 Å². The first-order valence-electron chi connectivity index (χ1n) is 5.80. The number of hydrogen-bond donors (Lipinski definition) is 0. The Morgan fingerprint density at radius 2 is 2.00 bits per heavy atom. The maximum Gasteiger partial charge on any atom is 0.175 e. The molecule has 0 saturated heterocycles. The molecule has 0 radical (unpaired) electrons. The van der Waals surface area contributed by atoms with Gasteiger partial charge in [0.05, 0.1) is 17.2 Å². The lowest BCUT2D eigenvalue weighted by Gasteiger charge is -2.18. The third-order valence-corrected chi connectivity index (χ3v) is 3.65. The minimum Gasteiger partial charge on any atom is -0.490 e. The van der Waals surface area contributed by atoms with Crippen molar-refractivity contribution in [1.82, 2.24) is 0 Å². The fraction of sp³-hybridized carbons (Fsp3) is 0.538. The molecule has 1 aromatic rings. The topological polar surface area (TPSA) is 18.5 Å². The molecule has 0 amide bonds. The van der Waals surface area contributed by atoms with E-state index in [2.05, 4.69) is 51.8 Å². The molecule has 0 aromatic heterocycles. The van der Waals surface area contributed by atoms with Gasteiger partial charge >= 0.3 is 0 Å². The molecule has 2 nitrogen and oxygen atoms in total. The molecule has 1 rings (SSSR count). The molecule has 0 N–H and O–H groups in total.